The Balaban J connectivity index is 2.36. The van der Waals surface area contributed by atoms with Crippen molar-refractivity contribution in [3.05, 3.63) is 58.9 Å². The average Bonchev–Trinajstić information content (AvgIpc) is 2.53. The Labute approximate surface area is 136 Å². The van der Waals surface area contributed by atoms with E-state index in [1.54, 1.807) is 38.1 Å². The van der Waals surface area contributed by atoms with Gasteiger partial charge in [-0.3, -0.25) is 0 Å². The van der Waals surface area contributed by atoms with Crippen molar-refractivity contribution in [1.29, 1.82) is 0 Å². The van der Waals surface area contributed by atoms with Gasteiger partial charge in [0.2, 0.25) is 0 Å². The van der Waals surface area contributed by atoms with E-state index < -0.39 is 11.8 Å². The predicted octanol–water partition coefficient (Wildman–Crippen LogP) is 4.84. The van der Waals surface area contributed by atoms with Crippen molar-refractivity contribution < 1.29 is 18.7 Å². The Morgan fingerprint density at radius 3 is 2.52 bits per heavy atom. The van der Waals surface area contributed by atoms with Crippen LogP contribution in [0.1, 0.15) is 41.3 Å². The van der Waals surface area contributed by atoms with Gasteiger partial charge in [-0.1, -0.05) is 31.5 Å². The fraction of sp³-hybridized carbons (Fsp3) is 0.316. The Morgan fingerprint density at radius 2 is 1.87 bits per heavy atom. The lowest BCUT2D eigenvalue weighted by atomic mass is 10.0. The molecule has 0 N–H and O–H groups in total. The number of benzene rings is 2. The molecular weight excluding hydrogens is 295 g/mol. The van der Waals surface area contributed by atoms with E-state index in [9.17, 15) is 9.18 Å². The van der Waals surface area contributed by atoms with E-state index in [2.05, 4.69) is 6.92 Å². The van der Waals surface area contributed by atoms with E-state index in [0.717, 1.165) is 12.8 Å². The Morgan fingerprint density at radius 1 is 1.17 bits per heavy atom. The predicted molar refractivity (Wildman–Crippen MR) is 87.7 cm³/mol. The number of carbonyl (C=O) groups is 1. The third-order valence-corrected chi connectivity index (χ3v) is 3.56. The van der Waals surface area contributed by atoms with E-state index in [4.69, 9.17) is 9.47 Å². The fourth-order valence-corrected chi connectivity index (χ4v) is 2.25. The molecule has 0 amide bonds. The summed E-state index contributed by atoms with van der Waals surface area (Å²) >= 11 is 0. The van der Waals surface area contributed by atoms with Gasteiger partial charge in [0.15, 0.2) is 0 Å². The minimum Gasteiger partial charge on any atom is -0.492 e. The molecule has 2 rings (SSSR count). The maximum absolute atomic E-state index is 14.0. The van der Waals surface area contributed by atoms with E-state index in [1.807, 2.05) is 6.07 Å². The summed E-state index contributed by atoms with van der Waals surface area (Å²) in [7, 11) is 0. The van der Waals surface area contributed by atoms with Gasteiger partial charge >= 0.3 is 5.97 Å². The summed E-state index contributed by atoms with van der Waals surface area (Å²) in [5.74, 6) is -0.232. The lowest BCUT2D eigenvalue weighted by Crippen LogP contribution is -2.15. The Kier molecular flexibility index (Phi) is 5.74. The first-order valence-corrected chi connectivity index (χ1v) is 7.74. The van der Waals surface area contributed by atoms with Crippen LogP contribution in [0, 0.1) is 19.7 Å². The number of carbonyl (C=O) groups excluding carboxylic acids is 1. The molecule has 2 aromatic rings. The van der Waals surface area contributed by atoms with Gasteiger partial charge in [0.05, 0.1) is 6.61 Å². The number of para-hydroxylation sites is 1. The number of rotatable bonds is 6. The summed E-state index contributed by atoms with van der Waals surface area (Å²) in [5, 5.41) is 0. The number of aryl methyl sites for hydroxylation is 1. The highest BCUT2D eigenvalue weighted by atomic mass is 19.1. The van der Waals surface area contributed by atoms with E-state index in [1.165, 1.54) is 6.07 Å². The number of ether oxygens (including phenoxy) is 2. The molecule has 0 heterocycles. The molecule has 0 saturated heterocycles. The van der Waals surface area contributed by atoms with Gasteiger partial charge in [-0.25, -0.2) is 9.18 Å². The molecule has 0 aliphatic carbocycles. The van der Waals surface area contributed by atoms with Crippen molar-refractivity contribution in [3.8, 4) is 11.5 Å². The van der Waals surface area contributed by atoms with Crippen molar-refractivity contribution in [3.63, 3.8) is 0 Å². The molecule has 0 bridgehead atoms. The molecule has 0 aliphatic heterocycles. The summed E-state index contributed by atoms with van der Waals surface area (Å²) in [6.07, 6.45) is 1.84. The molecule has 2 aromatic carbocycles. The van der Waals surface area contributed by atoms with Crippen molar-refractivity contribution >= 4 is 5.97 Å². The van der Waals surface area contributed by atoms with Crippen LogP contribution in [0.3, 0.4) is 0 Å². The Hall–Kier alpha value is -2.36. The molecule has 3 nitrogen and oxygen atoms in total. The third-order valence-electron chi connectivity index (χ3n) is 3.56. The molecule has 23 heavy (non-hydrogen) atoms. The topological polar surface area (TPSA) is 35.5 Å². The fourth-order valence-electron chi connectivity index (χ4n) is 2.25. The summed E-state index contributed by atoms with van der Waals surface area (Å²) in [5.41, 5.74) is 0.981. The zero-order valence-electron chi connectivity index (χ0n) is 13.7. The van der Waals surface area contributed by atoms with Gasteiger partial charge < -0.3 is 9.47 Å². The summed E-state index contributed by atoms with van der Waals surface area (Å²) in [4.78, 5) is 12.5. The Bertz CT molecular complexity index is 681. The van der Waals surface area contributed by atoms with E-state index >= 15 is 0 Å². The molecule has 0 saturated carbocycles. The van der Waals surface area contributed by atoms with Crippen LogP contribution in [0.25, 0.3) is 0 Å². The second-order valence-corrected chi connectivity index (χ2v) is 5.41. The van der Waals surface area contributed by atoms with Crippen LogP contribution in [-0.4, -0.2) is 12.6 Å². The van der Waals surface area contributed by atoms with E-state index in [0.29, 0.717) is 23.7 Å². The summed E-state index contributed by atoms with van der Waals surface area (Å²) in [6.45, 7) is 5.82. The number of hydrogen-bond donors (Lipinski definition) is 0. The summed E-state index contributed by atoms with van der Waals surface area (Å²) < 4.78 is 25.1. The first kappa shape index (κ1) is 17.0. The van der Waals surface area contributed by atoms with Gasteiger partial charge in [0.1, 0.15) is 22.9 Å². The maximum atomic E-state index is 14.0. The van der Waals surface area contributed by atoms with Crippen LogP contribution < -0.4 is 9.47 Å². The minimum atomic E-state index is -0.609. The van der Waals surface area contributed by atoms with Crippen molar-refractivity contribution in [2.75, 3.05) is 6.61 Å². The number of halogens is 1. The monoisotopic (exact) mass is 316 g/mol. The van der Waals surface area contributed by atoms with Crippen LogP contribution >= 0.6 is 0 Å². The van der Waals surface area contributed by atoms with Crippen LogP contribution in [0.4, 0.5) is 4.39 Å². The quantitative estimate of drug-likeness (QED) is 0.434. The number of hydrogen-bond acceptors (Lipinski definition) is 3. The molecule has 122 valence electrons. The highest BCUT2D eigenvalue weighted by Crippen LogP contribution is 2.30. The second-order valence-electron chi connectivity index (χ2n) is 5.41. The minimum absolute atomic E-state index is 0.155. The molecule has 0 aromatic heterocycles. The van der Waals surface area contributed by atoms with Crippen LogP contribution in [0.2, 0.25) is 0 Å². The molecule has 0 aliphatic rings. The number of esters is 1. The highest BCUT2D eigenvalue weighted by Gasteiger charge is 2.23. The van der Waals surface area contributed by atoms with E-state index in [-0.39, 0.29) is 11.1 Å². The third kappa shape index (κ3) is 4.09. The van der Waals surface area contributed by atoms with Gasteiger partial charge in [0, 0.05) is 5.56 Å². The van der Waals surface area contributed by atoms with Crippen LogP contribution in [0.5, 0.6) is 11.5 Å². The zero-order valence-corrected chi connectivity index (χ0v) is 13.7. The molecule has 0 unspecified atom stereocenters. The maximum Gasteiger partial charge on any atom is 0.347 e. The van der Waals surface area contributed by atoms with Gasteiger partial charge in [-0.2, -0.15) is 0 Å². The smallest absolute Gasteiger partial charge is 0.347 e. The molecule has 0 fully saturated rings. The largest absolute Gasteiger partial charge is 0.492 e. The highest BCUT2D eigenvalue weighted by molar-refractivity contribution is 5.96. The molecule has 0 spiro atoms. The van der Waals surface area contributed by atoms with Gasteiger partial charge in [0.25, 0.3) is 0 Å². The second kappa shape index (κ2) is 7.77. The average molecular weight is 316 g/mol. The van der Waals surface area contributed by atoms with Gasteiger partial charge in [-0.05, 0) is 44.0 Å². The first-order chi connectivity index (χ1) is 11.0. The van der Waals surface area contributed by atoms with Gasteiger partial charge in [-0.15, -0.1) is 0 Å². The molecule has 0 radical (unpaired) electrons. The normalized spacial score (nSPS) is 10.4. The van der Waals surface area contributed by atoms with Crippen molar-refractivity contribution in [2.24, 2.45) is 0 Å². The zero-order chi connectivity index (χ0) is 16.8. The van der Waals surface area contributed by atoms with Crippen molar-refractivity contribution in [2.45, 2.75) is 33.6 Å². The molecular formula is C19H21FO3. The summed E-state index contributed by atoms with van der Waals surface area (Å²) in [6, 6.07) is 10.1. The number of unbranched alkanes of at least 4 members (excludes halogenated alkanes) is 1. The van der Waals surface area contributed by atoms with Crippen LogP contribution in [0.15, 0.2) is 36.4 Å². The van der Waals surface area contributed by atoms with Crippen molar-refractivity contribution in [1.82, 2.24) is 0 Å². The lowest BCUT2D eigenvalue weighted by molar-refractivity contribution is 0.0728. The SMILES string of the molecule is CCCCOc1c(C)cc(F)c(C)c1C(=O)Oc1ccccc1. The first-order valence-electron chi connectivity index (χ1n) is 7.74. The molecule has 0 atom stereocenters. The standard InChI is InChI=1S/C19H21FO3/c1-4-5-11-22-18-13(2)12-16(20)14(3)17(18)19(21)23-15-9-7-6-8-10-15/h6-10,12H,4-5,11H2,1-3H3. The van der Waals surface area contributed by atoms with Crippen LogP contribution in [-0.2, 0) is 0 Å². The lowest BCUT2D eigenvalue weighted by Gasteiger charge is -2.16. The molecule has 4 heteroatoms.